The molecule has 0 atom stereocenters. The normalized spacial score (nSPS) is 11.3. The first-order chi connectivity index (χ1) is 8.88. The highest BCUT2D eigenvalue weighted by atomic mass is 127. The topological polar surface area (TPSA) is 46.2 Å². The largest absolute Gasteiger partial charge is 0.279 e. The molecular formula is C12H8Br2INO2S. The number of benzene rings is 2. The van der Waals surface area contributed by atoms with Gasteiger partial charge in [0.1, 0.15) is 0 Å². The Morgan fingerprint density at radius 3 is 2.16 bits per heavy atom. The second kappa shape index (κ2) is 6.11. The first kappa shape index (κ1) is 15.3. The molecule has 100 valence electrons. The molecule has 2 aromatic rings. The first-order valence-corrected chi connectivity index (χ1v) is 9.27. The Hall–Kier alpha value is -0.120. The van der Waals surface area contributed by atoms with Crippen LogP contribution < -0.4 is 4.72 Å². The number of hydrogen-bond donors (Lipinski definition) is 1. The predicted octanol–water partition coefficient (Wildman–Crippen LogP) is 4.62. The van der Waals surface area contributed by atoms with Crippen LogP contribution in [0.3, 0.4) is 0 Å². The number of anilines is 1. The maximum atomic E-state index is 12.2. The standard InChI is InChI=1S/C12H8Br2INO2S/c13-8-1-4-10(5-2-8)19(17,18)16-12-7-9(14)3-6-11(12)15/h1-7,16H. The van der Waals surface area contributed by atoms with Gasteiger partial charge in [0.2, 0.25) is 0 Å². The van der Waals surface area contributed by atoms with Crippen molar-refractivity contribution in [2.75, 3.05) is 4.72 Å². The molecule has 2 aromatic carbocycles. The summed E-state index contributed by atoms with van der Waals surface area (Å²) in [6.07, 6.45) is 0. The lowest BCUT2D eigenvalue weighted by atomic mass is 10.3. The summed E-state index contributed by atoms with van der Waals surface area (Å²) in [5.74, 6) is 0. The zero-order chi connectivity index (χ0) is 14.0. The van der Waals surface area contributed by atoms with Crippen LogP contribution in [-0.4, -0.2) is 8.42 Å². The third-order valence-corrected chi connectivity index (χ3v) is 5.64. The molecule has 0 aliphatic heterocycles. The molecule has 0 aromatic heterocycles. The molecule has 2 rings (SSSR count). The van der Waals surface area contributed by atoms with Crippen LogP contribution in [0.5, 0.6) is 0 Å². The van der Waals surface area contributed by atoms with Crippen LogP contribution >= 0.6 is 54.5 Å². The number of sulfonamides is 1. The highest BCUT2D eigenvalue weighted by Crippen LogP contribution is 2.25. The molecule has 0 heterocycles. The van der Waals surface area contributed by atoms with Crippen LogP contribution in [0, 0.1) is 3.57 Å². The molecular weight excluding hydrogens is 509 g/mol. The van der Waals surface area contributed by atoms with E-state index in [0.717, 1.165) is 12.5 Å². The van der Waals surface area contributed by atoms with Crippen LogP contribution in [0.1, 0.15) is 0 Å². The van der Waals surface area contributed by atoms with Crippen LogP contribution in [0.15, 0.2) is 56.3 Å². The van der Waals surface area contributed by atoms with Crippen molar-refractivity contribution in [2.45, 2.75) is 4.90 Å². The fourth-order valence-electron chi connectivity index (χ4n) is 1.39. The summed E-state index contributed by atoms with van der Waals surface area (Å²) in [6, 6.07) is 11.9. The van der Waals surface area contributed by atoms with E-state index in [4.69, 9.17) is 0 Å². The lowest BCUT2D eigenvalue weighted by Crippen LogP contribution is -2.13. The quantitative estimate of drug-likeness (QED) is 0.605. The van der Waals surface area contributed by atoms with Gasteiger partial charge in [-0.05, 0) is 65.1 Å². The third kappa shape index (κ3) is 3.93. The van der Waals surface area contributed by atoms with Gasteiger partial charge in [-0.3, -0.25) is 4.72 Å². The average Bonchev–Trinajstić information content (AvgIpc) is 2.34. The Balaban J connectivity index is 2.36. The van der Waals surface area contributed by atoms with Gasteiger partial charge in [-0.25, -0.2) is 8.42 Å². The van der Waals surface area contributed by atoms with Crippen LogP contribution in [0.2, 0.25) is 0 Å². The van der Waals surface area contributed by atoms with Gasteiger partial charge < -0.3 is 0 Å². The Morgan fingerprint density at radius 2 is 1.53 bits per heavy atom. The minimum Gasteiger partial charge on any atom is -0.279 e. The fourth-order valence-corrected chi connectivity index (χ4v) is 3.74. The van der Waals surface area contributed by atoms with E-state index in [0.29, 0.717) is 5.69 Å². The van der Waals surface area contributed by atoms with E-state index in [-0.39, 0.29) is 4.90 Å². The van der Waals surface area contributed by atoms with Crippen molar-refractivity contribution in [3.63, 3.8) is 0 Å². The van der Waals surface area contributed by atoms with Crippen molar-refractivity contribution in [1.29, 1.82) is 0 Å². The second-order valence-electron chi connectivity index (χ2n) is 3.68. The second-order valence-corrected chi connectivity index (χ2v) is 8.36. The Morgan fingerprint density at radius 1 is 0.947 bits per heavy atom. The molecule has 0 saturated carbocycles. The molecule has 0 unspecified atom stereocenters. The SMILES string of the molecule is O=S(=O)(Nc1cc(Br)ccc1I)c1ccc(Br)cc1. The maximum absolute atomic E-state index is 12.2. The summed E-state index contributed by atoms with van der Waals surface area (Å²) in [4.78, 5) is 0.228. The first-order valence-electron chi connectivity index (χ1n) is 5.12. The number of hydrogen-bond acceptors (Lipinski definition) is 2. The molecule has 0 amide bonds. The van der Waals surface area contributed by atoms with E-state index in [1.807, 2.05) is 12.1 Å². The molecule has 0 bridgehead atoms. The zero-order valence-corrected chi connectivity index (χ0v) is 15.5. The van der Waals surface area contributed by atoms with Crippen molar-refractivity contribution >= 4 is 70.2 Å². The van der Waals surface area contributed by atoms with Crippen LogP contribution in [-0.2, 0) is 10.0 Å². The summed E-state index contributed by atoms with van der Waals surface area (Å²) in [5.41, 5.74) is 0.554. The molecule has 0 spiro atoms. The predicted molar refractivity (Wildman–Crippen MR) is 91.8 cm³/mol. The number of halogens is 3. The van der Waals surface area contributed by atoms with Gasteiger partial charge >= 0.3 is 0 Å². The van der Waals surface area contributed by atoms with Crippen molar-refractivity contribution < 1.29 is 8.42 Å². The molecule has 1 N–H and O–H groups in total. The summed E-state index contributed by atoms with van der Waals surface area (Å²) in [6.45, 7) is 0. The van der Waals surface area contributed by atoms with E-state index in [9.17, 15) is 8.42 Å². The van der Waals surface area contributed by atoms with Gasteiger partial charge in [-0.1, -0.05) is 31.9 Å². The molecule has 0 saturated heterocycles. The van der Waals surface area contributed by atoms with Crippen LogP contribution in [0.4, 0.5) is 5.69 Å². The van der Waals surface area contributed by atoms with Crippen molar-refractivity contribution in [2.24, 2.45) is 0 Å². The van der Waals surface area contributed by atoms with Crippen LogP contribution in [0.25, 0.3) is 0 Å². The maximum Gasteiger partial charge on any atom is 0.261 e. The highest BCUT2D eigenvalue weighted by Gasteiger charge is 2.15. The van der Waals surface area contributed by atoms with Gasteiger partial charge in [-0.15, -0.1) is 0 Å². The summed E-state index contributed by atoms with van der Waals surface area (Å²) in [5, 5.41) is 0. The van der Waals surface area contributed by atoms with E-state index < -0.39 is 10.0 Å². The van der Waals surface area contributed by atoms with Gasteiger partial charge in [0.25, 0.3) is 10.0 Å². The molecule has 7 heteroatoms. The van der Waals surface area contributed by atoms with E-state index in [2.05, 4.69) is 59.2 Å². The molecule has 3 nitrogen and oxygen atoms in total. The molecule has 0 aliphatic carbocycles. The minimum absolute atomic E-state index is 0.228. The fraction of sp³-hybridized carbons (Fsp3) is 0. The Labute approximate surface area is 142 Å². The van der Waals surface area contributed by atoms with Crippen molar-refractivity contribution in [1.82, 2.24) is 0 Å². The van der Waals surface area contributed by atoms with Gasteiger partial charge in [0, 0.05) is 12.5 Å². The Bertz CT molecular complexity index is 702. The molecule has 19 heavy (non-hydrogen) atoms. The van der Waals surface area contributed by atoms with Gasteiger partial charge in [0.15, 0.2) is 0 Å². The zero-order valence-electron chi connectivity index (χ0n) is 9.40. The summed E-state index contributed by atoms with van der Waals surface area (Å²) >= 11 is 8.69. The van der Waals surface area contributed by atoms with Gasteiger partial charge in [-0.2, -0.15) is 0 Å². The minimum atomic E-state index is -3.57. The highest BCUT2D eigenvalue weighted by molar-refractivity contribution is 14.1. The monoisotopic (exact) mass is 515 g/mol. The summed E-state index contributed by atoms with van der Waals surface area (Å²) < 4.78 is 29.5. The Kier molecular flexibility index (Phi) is 4.91. The number of rotatable bonds is 3. The molecule has 0 aliphatic rings. The van der Waals surface area contributed by atoms with E-state index in [1.165, 1.54) is 0 Å². The van der Waals surface area contributed by atoms with Gasteiger partial charge in [0.05, 0.1) is 10.6 Å². The average molecular weight is 517 g/mol. The van der Waals surface area contributed by atoms with E-state index in [1.54, 1.807) is 30.3 Å². The molecule has 0 fully saturated rings. The third-order valence-electron chi connectivity index (χ3n) is 2.30. The lowest BCUT2D eigenvalue weighted by molar-refractivity contribution is 0.601. The molecule has 0 radical (unpaired) electrons. The van der Waals surface area contributed by atoms with Crippen molar-refractivity contribution in [3.8, 4) is 0 Å². The number of nitrogens with one attached hydrogen (secondary N) is 1. The van der Waals surface area contributed by atoms with E-state index >= 15 is 0 Å². The van der Waals surface area contributed by atoms with Crippen molar-refractivity contribution in [3.05, 3.63) is 55.0 Å². The lowest BCUT2D eigenvalue weighted by Gasteiger charge is -2.10. The summed E-state index contributed by atoms with van der Waals surface area (Å²) in [7, 11) is -3.57. The smallest absolute Gasteiger partial charge is 0.261 e.